The number of hydrogen-bond acceptors (Lipinski definition) is 5. The van der Waals surface area contributed by atoms with Crippen molar-refractivity contribution in [2.45, 2.75) is 12.8 Å². The number of piperidine rings is 1. The highest BCUT2D eigenvalue weighted by Crippen LogP contribution is 2.40. The van der Waals surface area contributed by atoms with Crippen molar-refractivity contribution in [3.8, 4) is 0 Å². The Bertz CT molecular complexity index is 1480. The summed E-state index contributed by atoms with van der Waals surface area (Å²) in [5.41, 5.74) is 5.62. The molecule has 0 unspecified atom stereocenters. The van der Waals surface area contributed by atoms with E-state index in [4.69, 9.17) is 0 Å². The molecule has 1 aliphatic carbocycles. The number of nitrogens with one attached hydrogen (secondary N) is 1. The molecule has 1 aromatic carbocycles. The number of fused-ring (bicyclic) bond motifs is 3. The van der Waals surface area contributed by atoms with Gasteiger partial charge in [0.05, 0.1) is 16.0 Å². The number of rotatable bonds is 1. The lowest BCUT2D eigenvalue weighted by Crippen LogP contribution is -2.36. The number of hydrogen-bond donors (Lipinski definition) is 1. The van der Waals surface area contributed by atoms with Gasteiger partial charge in [0, 0.05) is 48.2 Å². The van der Waals surface area contributed by atoms with Gasteiger partial charge in [-0.3, -0.25) is 19.4 Å². The Kier molecular flexibility index (Phi) is 4.58. The van der Waals surface area contributed by atoms with E-state index < -0.39 is 11.6 Å². The predicted octanol–water partition coefficient (Wildman–Crippen LogP) is 4.74. The number of nitrogens with zero attached hydrogens (tertiary/aromatic N) is 2. The second-order valence-electron chi connectivity index (χ2n) is 8.27. The second-order valence-corrected chi connectivity index (χ2v) is 9.18. The third-order valence-corrected chi connectivity index (χ3v) is 7.41. The number of Topliss-reactive ketones (excluding diaryl/α,β-unsaturated/α-hetero) is 2. The maximum absolute atomic E-state index is 13.3. The standard InChI is InChI=1S/C26H19N3O3S/c30-23-18-4-2-1-3-17(18)21(19-8-12-33-25(19)24(23)31)15-6-10-29(11-7-15)26(32)20-14-27-13-16-5-9-28-22(16)20/h1-5,8-9,12-14,28H,6-7,10-11H2. The molecule has 0 atom stereocenters. The highest BCUT2D eigenvalue weighted by molar-refractivity contribution is 7.13. The molecule has 1 saturated heterocycles. The minimum atomic E-state index is -0.455. The normalized spacial score (nSPS) is 16.1. The van der Waals surface area contributed by atoms with E-state index in [0.717, 1.165) is 27.6 Å². The maximum atomic E-state index is 13.3. The molecule has 0 radical (unpaired) electrons. The van der Waals surface area contributed by atoms with Gasteiger partial charge in [-0.05, 0) is 41.5 Å². The number of ketones is 2. The number of carbonyl (C=O) groups is 3. The van der Waals surface area contributed by atoms with E-state index >= 15 is 0 Å². The molecule has 1 aliphatic heterocycles. The molecule has 1 fully saturated rings. The number of benzene rings is 1. The summed E-state index contributed by atoms with van der Waals surface area (Å²) in [6, 6.07) is 11.2. The number of H-pyrrole nitrogens is 1. The van der Waals surface area contributed by atoms with Crippen LogP contribution < -0.4 is 0 Å². The third kappa shape index (κ3) is 3.08. The summed E-state index contributed by atoms with van der Waals surface area (Å²) in [7, 11) is 0. The number of aromatic nitrogens is 2. The zero-order valence-corrected chi connectivity index (χ0v) is 18.4. The average Bonchev–Trinajstić information content (AvgIpc) is 3.52. The molecule has 6 rings (SSSR count). The molecule has 1 amide bonds. The molecule has 162 valence electrons. The fourth-order valence-corrected chi connectivity index (χ4v) is 5.71. The monoisotopic (exact) mass is 453 g/mol. The zero-order valence-electron chi connectivity index (χ0n) is 17.6. The van der Waals surface area contributed by atoms with Crippen LogP contribution in [-0.2, 0) is 0 Å². The van der Waals surface area contributed by atoms with E-state index in [-0.39, 0.29) is 5.91 Å². The van der Waals surface area contributed by atoms with Gasteiger partial charge < -0.3 is 9.88 Å². The van der Waals surface area contributed by atoms with Crippen molar-refractivity contribution in [1.29, 1.82) is 0 Å². The summed E-state index contributed by atoms with van der Waals surface area (Å²) in [4.78, 5) is 48.7. The largest absolute Gasteiger partial charge is 0.360 e. The van der Waals surface area contributed by atoms with E-state index in [1.165, 1.54) is 16.9 Å². The van der Waals surface area contributed by atoms with E-state index in [2.05, 4.69) is 9.97 Å². The summed E-state index contributed by atoms with van der Waals surface area (Å²) in [6.45, 7) is 1.14. The Morgan fingerprint density at radius 2 is 1.73 bits per heavy atom. The number of aromatic amines is 1. The molecule has 0 bridgehead atoms. The van der Waals surface area contributed by atoms with Gasteiger partial charge in [-0.2, -0.15) is 0 Å². The van der Waals surface area contributed by atoms with E-state index in [1.54, 1.807) is 24.5 Å². The molecule has 0 spiro atoms. The summed E-state index contributed by atoms with van der Waals surface area (Å²) < 4.78 is 0. The van der Waals surface area contributed by atoms with Crippen molar-refractivity contribution < 1.29 is 14.4 Å². The average molecular weight is 454 g/mol. The van der Waals surface area contributed by atoms with Crippen LogP contribution >= 0.6 is 11.3 Å². The SMILES string of the molecule is O=C1C(=O)c2sccc2C(=C2CCN(C(=O)c3cncc4cc[nH]c34)CC2)c2ccccc21. The Hall–Kier alpha value is -3.84. The van der Waals surface area contributed by atoms with E-state index in [1.807, 2.05) is 40.7 Å². The van der Waals surface area contributed by atoms with Crippen LogP contribution in [0.2, 0.25) is 0 Å². The van der Waals surface area contributed by atoms with Crippen molar-refractivity contribution in [1.82, 2.24) is 14.9 Å². The van der Waals surface area contributed by atoms with Gasteiger partial charge >= 0.3 is 0 Å². The molecule has 6 nitrogen and oxygen atoms in total. The quantitative estimate of drug-likeness (QED) is 0.422. The van der Waals surface area contributed by atoms with Gasteiger partial charge in [0.2, 0.25) is 11.6 Å². The van der Waals surface area contributed by atoms with Crippen LogP contribution in [0.1, 0.15) is 54.4 Å². The van der Waals surface area contributed by atoms with Crippen LogP contribution in [-0.4, -0.2) is 45.4 Å². The molecule has 7 heteroatoms. The van der Waals surface area contributed by atoms with Gasteiger partial charge in [-0.25, -0.2) is 0 Å². The smallest absolute Gasteiger partial charge is 0.257 e. The molecule has 2 aliphatic rings. The van der Waals surface area contributed by atoms with Crippen LogP contribution in [0.25, 0.3) is 16.5 Å². The molecular formula is C26H19N3O3S. The van der Waals surface area contributed by atoms with E-state index in [9.17, 15) is 14.4 Å². The minimum Gasteiger partial charge on any atom is -0.360 e. The first-order chi connectivity index (χ1) is 16.1. The fraction of sp³-hybridized carbons (Fsp3) is 0.154. The summed E-state index contributed by atoms with van der Waals surface area (Å²) >= 11 is 1.31. The lowest BCUT2D eigenvalue weighted by Gasteiger charge is -2.30. The number of likely N-dealkylation sites (tertiary alicyclic amines) is 1. The van der Waals surface area contributed by atoms with Crippen LogP contribution in [0.15, 0.2) is 65.9 Å². The van der Waals surface area contributed by atoms with Gasteiger partial charge in [0.1, 0.15) is 0 Å². The predicted molar refractivity (Wildman–Crippen MR) is 127 cm³/mol. The summed E-state index contributed by atoms with van der Waals surface area (Å²) in [6.07, 6.45) is 6.53. The maximum Gasteiger partial charge on any atom is 0.257 e. The van der Waals surface area contributed by atoms with Crippen LogP contribution in [0, 0.1) is 0 Å². The number of pyridine rings is 1. The first kappa shape index (κ1) is 19.8. The van der Waals surface area contributed by atoms with Gasteiger partial charge in [-0.1, -0.05) is 29.8 Å². The molecule has 4 heterocycles. The Balaban J connectivity index is 1.38. The first-order valence-electron chi connectivity index (χ1n) is 10.8. The van der Waals surface area contributed by atoms with Crippen LogP contribution in [0.5, 0.6) is 0 Å². The number of carbonyl (C=O) groups excluding carboxylic acids is 3. The van der Waals surface area contributed by atoms with Crippen molar-refractivity contribution in [2.75, 3.05) is 13.1 Å². The lowest BCUT2D eigenvalue weighted by atomic mass is 9.87. The topological polar surface area (TPSA) is 83.1 Å². The molecule has 3 aromatic heterocycles. The van der Waals surface area contributed by atoms with Gasteiger partial charge in [0.25, 0.3) is 5.91 Å². The third-order valence-electron chi connectivity index (χ3n) is 6.49. The highest BCUT2D eigenvalue weighted by atomic mass is 32.1. The molecular weight excluding hydrogens is 434 g/mol. The van der Waals surface area contributed by atoms with Crippen molar-refractivity contribution in [2.24, 2.45) is 0 Å². The highest BCUT2D eigenvalue weighted by Gasteiger charge is 2.33. The summed E-state index contributed by atoms with van der Waals surface area (Å²) in [5.74, 6) is -0.936. The van der Waals surface area contributed by atoms with Crippen molar-refractivity contribution in [3.05, 3.63) is 93.1 Å². The number of amides is 1. The Morgan fingerprint density at radius 3 is 2.55 bits per heavy atom. The zero-order chi connectivity index (χ0) is 22.5. The Morgan fingerprint density at radius 1 is 0.939 bits per heavy atom. The molecule has 1 N–H and O–H groups in total. The van der Waals surface area contributed by atoms with Crippen molar-refractivity contribution in [3.63, 3.8) is 0 Å². The van der Waals surface area contributed by atoms with E-state index in [0.29, 0.717) is 41.9 Å². The fourth-order valence-electron chi connectivity index (χ4n) is 4.87. The minimum absolute atomic E-state index is 0.0394. The molecule has 0 saturated carbocycles. The first-order valence-corrected chi connectivity index (χ1v) is 11.7. The molecule has 33 heavy (non-hydrogen) atoms. The number of thiophene rings is 1. The van der Waals surface area contributed by atoms with Gasteiger partial charge in [-0.15, -0.1) is 11.3 Å². The summed E-state index contributed by atoms with van der Waals surface area (Å²) in [5, 5.41) is 2.78. The second kappa shape index (κ2) is 7.64. The van der Waals surface area contributed by atoms with Crippen LogP contribution in [0.3, 0.4) is 0 Å². The Labute approximate surface area is 193 Å². The van der Waals surface area contributed by atoms with Crippen molar-refractivity contribution >= 4 is 45.3 Å². The van der Waals surface area contributed by atoms with Gasteiger partial charge in [0.15, 0.2) is 0 Å². The molecule has 4 aromatic rings. The van der Waals surface area contributed by atoms with Crippen LogP contribution in [0.4, 0.5) is 0 Å². The lowest BCUT2D eigenvalue weighted by molar-refractivity contribution is 0.0745.